The molecule has 4 nitrogen and oxygen atoms in total. The van der Waals surface area contributed by atoms with Gasteiger partial charge >= 0.3 is 0 Å². The van der Waals surface area contributed by atoms with Crippen LogP contribution in [0.2, 0.25) is 0 Å². The Morgan fingerprint density at radius 3 is 2.54 bits per heavy atom. The molecule has 3 rings (SSSR count). The Bertz CT molecular complexity index is 886. The van der Waals surface area contributed by atoms with E-state index in [1.165, 1.54) is 6.21 Å². The third-order valence-corrected chi connectivity index (χ3v) is 4.22. The number of benzene rings is 2. The average molecular weight is 448 g/mol. The summed E-state index contributed by atoms with van der Waals surface area (Å²) < 4.78 is 7.54. The molecule has 0 spiro atoms. The third-order valence-electron chi connectivity index (χ3n) is 3.20. The van der Waals surface area contributed by atoms with Crippen molar-refractivity contribution in [2.75, 3.05) is 0 Å². The first-order chi connectivity index (χ1) is 11.6. The molecule has 6 heteroatoms. The third kappa shape index (κ3) is 4.21. The van der Waals surface area contributed by atoms with Gasteiger partial charge < -0.3 is 4.42 Å². The van der Waals surface area contributed by atoms with Crippen LogP contribution in [-0.4, -0.2) is 12.1 Å². The summed E-state index contributed by atoms with van der Waals surface area (Å²) in [5.74, 6) is 1.01. The monoisotopic (exact) mass is 446 g/mol. The molecular weight excluding hydrogens is 436 g/mol. The van der Waals surface area contributed by atoms with E-state index in [2.05, 4.69) is 42.4 Å². The van der Waals surface area contributed by atoms with Crippen molar-refractivity contribution in [3.63, 3.8) is 0 Å². The maximum Gasteiger partial charge on any atom is 0.271 e. The van der Waals surface area contributed by atoms with Crippen LogP contribution >= 0.6 is 31.9 Å². The van der Waals surface area contributed by atoms with Gasteiger partial charge in [-0.05, 0) is 42.5 Å². The Morgan fingerprint density at radius 2 is 1.79 bits per heavy atom. The number of carbonyl (C=O) groups is 1. The highest BCUT2D eigenvalue weighted by Gasteiger charge is 2.05. The lowest BCUT2D eigenvalue weighted by Crippen LogP contribution is -2.17. The fraction of sp³-hybridized carbons (Fsp3) is 0. The number of rotatable bonds is 4. The number of amides is 1. The molecule has 0 saturated heterocycles. The zero-order valence-corrected chi connectivity index (χ0v) is 15.5. The Morgan fingerprint density at radius 1 is 1.00 bits per heavy atom. The predicted octanol–water partition coefficient (Wildman–Crippen LogP) is 5.24. The van der Waals surface area contributed by atoms with E-state index in [1.54, 1.807) is 24.3 Å². The first-order valence-electron chi connectivity index (χ1n) is 7.06. The number of furan rings is 1. The van der Waals surface area contributed by atoms with E-state index in [-0.39, 0.29) is 5.91 Å². The predicted molar refractivity (Wildman–Crippen MR) is 101 cm³/mol. The summed E-state index contributed by atoms with van der Waals surface area (Å²) in [6, 6.07) is 18.6. The second kappa shape index (κ2) is 7.59. The molecule has 0 saturated carbocycles. The van der Waals surface area contributed by atoms with Crippen LogP contribution in [0.3, 0.4) is 0 Å². The van der Waals surface area contributed by atoms with Gasteiger partial charge in [-0.15, -0.1) is 0 Å². The number of halogens is 2. The van der Waals surface area contributed by atoms with Gasteiger partial charge in [-0.25, -0.2) is 5.43 Å². The average Bonchev–Trinajstić information content (AvgIpc) is 3.04. The van der Waals surface area contributed by atoms with Crippen molar-refractivity contribution in [3.8, 4) is 11.3 Å². The highest BCUT2D eigenvalue weighted by Crippen LogP contribution is 2.23. The van der Waals surface area contributed by atoms with Crippen molar-refractivity contribution in [2.45, 2.75) is 0 Å². The summed E-state index contributed by atoms with van der Waals surface area (Å²) in [4.78, 5) is 12.0. The van der Waals surface area contributed by atoms with Gasteiger partial charge in [0.25, 0.3) is 5.91 Å². The lowest BCUT2D eigenvalue weighted by molar-refractivity contribution is 0.0955. The zero-order chi connectivity index (χ0) is 16.9. The molecule has 0 bridgehead atoms. The highest BCUT2D eigenvalue weighted by molar-refractivity contribution is 9.10. The van der Waals surface area contributed by atoms with Gasteiger partial charge in [0.2, 0.25) is 0 Å². The minimum Gasteiger partial charge on any atom is -0.455 e. The minimum absolute atomic E-state index is 0.285. The van der Waals surface area contributed by atoms with Crippen molar-refractivity contribution >= 4 is 44.0 Å². The lowest BCUT2D eigenvalue weighted by atomic mass is 10.2. The summed E-state index contributed by atoms with van der Waals surface area (Å²) in [7, 11) is 0. The van der Waals surface area contributed by atoms with Gasteiger partial charge in [0.05, 0.1) is 6.21 Å². The van der Waals surface area contributed by atoms with E-state index in [0.29, 0.717) is 11.3 Å². The van der Waals surface area contributed by atoms with Crippen LogP contribution in [0.4, 0.5) is 0 Å². The zero-order valence-electron chi connectivity index (χ0n) is 12.4. The number of nitrogens with one attached hydrogen (secondary N) is 1. The van der Waals surface area contributed by atoms with Gasteiger partial charge in [0.1, 0.15) is 11.5 Å². The van der Waals surface area contributed by atoms with Gasteiger partial charge in [-0.2, -0.15) is 5.10 Å². The molecule has 24 heavy (non-hydrogen) atoms. The normalized spacial score (nSPS) is 10.9. The van der Waals surface area contributed by atoms with Crippen LogP contribution in [-0.2, 0) is 0 Å². The lowest BCUT2D eigenvalue weighted by Gasteiger charge is -1.99. The van der Waals surface area contributed by atoms with Crippen LogP contribution in [0, 0.1) is 0 Å². The summed E-state index contributed by atoms with van der Waals surface area (Å²) in [5, 5.41) is 3.93. The van der Waals surface area contributed by atoms with Crippen LogP contribution in [0.15, 0.2) is 79.1 Å². The second-order valence-electron chi connectivity index (χ2n) is 4.92. The van der Waals surface area contributed by atoms with Gasteiger partial charge in [0, 0.05) is 20.1 Å². The first kappa shape index (κ1) is 16.7. The molecule has 1 N–H and O–H groups in total. The van der Waals surface area contributed by atoms with Crippen LogP contribution in [0.5, 0.6) is 0 Å². The highest BCUT2D eigenvalue weighted by atomic mass is 79.9. The molecule has 0 unspecified atom stereocenters. The van der Waals surface area contributed by atoms with Crippen LogP contribution in [0.25, 0.3) is 11.3 Å². The molecular formula is C18H12Br2N2O2. The second-order valence-corrected chi connectivity index (χ2v) is 6.75. The van der Waals surface area contributed by atoms with E-state index in [9.17, 15) is 4.79 Å². The molecule has 3 aromatic rings. The first-order valence-corrected chi connectivity index (χ1v) is 8.65. The fourth-order valence-electron chi connectivity index (χ4n) is 2.04. The molecule has 1 amide bonds. The van der Waals surface area contributed by atoms with Crippen molar-refractivity contribution in [1.29, 1.82) is 0 Å². The van der Waals surface area contributed by atoms with Crippen molar-refractivity contribution in [1.82, 2.24) is 5.43 Å². The number of carbonyl (C=O) groups excluding carboxylic acids is 1. The molecule has 120 valence electrons. The van der Waals surface area contributed by atoms with Crippen LogP contribution < -0.4 is 5.43 Å². The van der Waals surface area contributed by atoms with Crippen molar-refractivity contribution in [2.24, 2.45) is 5.10 Å². The van der Waals surface area contributed by atoms with Gasteiger partial charge in [0.15, 0.2) is 0 Å². The summed E-state index contributed by atoms with van der Waals surface area (Å²) in [6.45, 7) is 0. The maximum absolute atomic E-state index is 12.0. The molecule has 0 atom stereocenters. The molecule has 1 heterocycles. The fourth-order valence-corrected chi connectivity index (χ4v) is 2.70. The standard InChI is InChI=1S/C18H12Br2N2O2/c19-14-6-4-12(5-7-14)17-9-8-16(24-17)11-21-22-18(23)13-2-1-3-15(20)10-13/h1-11H,(H,22,23)/b21-11+. The Labute approximate surface area is 155 Å². The molecule has 0 fully saturated rings. The summed E-state index contributed by atoms with van der Waals surface area (Å²) in [6.07, 6.45) is 1.47. The molecule has 0 aliphatic heterocycles. The van der Waals surface area contributed by atoms with E-state index in [1.807, 2.05) is 36.4 Å². The Hall–Kier alpha value is -2.18. The van der Waals surface area contributed by atoms with Crippen molar-refractivity contribution < 1.29 is 9.21 Å². The largest absolute Gasteiger partial charge is 0.455 e. The number of hydrogen-bond acceptors (Lipinski definition) is 3. The maximum atomic E-state index is 12.0. The van der Waals surface area contributed by atoms with Crippen molar-refractivity contribution in [3.05, 3.63) is 80.9 Å². The molecule has 2 aromatic carbocycles. The molecule has 1 aromatic heterocycles. The quantitative estimate of drug-likeness (QED) is 0.439. The minimum atomic E-state index is -0.285. The van der Waals surface area contributed by atoms with E-state index in [0.717, 1.165) is 20.3 Å². The molecule has 0 radical (unpaired) electrons. The topological polar surface area (TPSA) is 54.6 Å². The number of nitrogens with zero attached hydrogens (tertiary/aromatic N) is 1. The van der Waals surface area contributed by atoms with Gasteiger partial charge in [-0.3, -0.25) is 4.79 Å². The number of hydrazone groups is 1. The van der Waals surface area contributed by atoms with Gasteiger partial charge in [-0.1, -0.05) is 50.1 Å². The van der Waals surface area contributed by atoms with Crippen LogP contribution in [0.1, 0.15) is 16.1 Å². The smallest absolute Gasteiger partial charge is 0.271 e. The van der Waals surface area contributed by atoms with E-state index in [4.69, 9.17) is 4.42 Å². The van der Waals surface area contributed by atoms with E-state index < -0.39 is 0 Å². The molecule has 0 aliphatic rings. The number of hydrogen-bond donors (Lipinski definition) is 1. The molecule has 0 aliphatic carbocycles. The van der Waals surface area contributed by atoms with E-state index >= 15 is 0 Å². The SMILES string of the molecule is O=C(N/N=C/c1ccc(-c2ccc(Br)cc2)o1)c1cccc(Br)c1. The summed E-state index contributed by atoms with van der Waals surface area (Å²) in [5.41, 5.74) is 3.97. The Balaban J connectivity index is 1.65. The Kier molecular flexibility index (Phi) is 5.27. The summed E-state index contributed by atoms with van der Waals surface area (Å²) >= 11 is 6.73.